The van der Waals surface area contributed by atoms with E-state index in [4.69, 9.17) is 39.9 Å². The fraction of sp³-hybridized carbons (Fsp3) is 0. The predicted molar refractivity (Wildman–Crippen MR) is 372 cm³/mol. The normalized spacial score (nSPS) is 11.5. The van der Waals surface area contributed by atoms with Crippen LogP contribution in [0.2, 0.25) is 0 Å². The molecule has 17 rings (SSSR count). The van der Waals surface area contributed by atoms with Crippen LogP contribution in [0.25, 0.3) is 168 Å². The van der Waals surface area contributed by atoms with E-state index in [1.807, 2.05) is 146 Å². The highest BCUT2D eigenvalue weighted by atomic mass is 15.1. The van der Waals surface area contributed by atoms with Crippen molar-refractivity contribution < 1.29 is 0 Å². The number of fused-ring (bicyclic) bond motifs is 6. The average molecular weight is 1180 g/mol. The summed E-state index contributed by atoms with van der Waals surface area (Å²) in [5.74, 6) is 4.26. The summed E-state index contributed by atoms with van der Waals surface area (Å²) in [7, 11) is 0. The summed E-state index contributed by atoms with van der Waals surface area (Å²) in [5, 5.41) is 4.30. The average Bonchev–Trinajstić information content (AvgIpc) is 1.55. The molecule has 0 N–H and O–H groups in total. The molecule has 0 radical (unpaired) electrons. The van der Waals surface area contributed by atoms with Crippen molar-refractivity contribution in [3.63, 3.8) is 0 Å². The third-order valence-electron chi connectivity index (χ3n) is 17.1. The van der Waals surface area contributed by atoms with Crippen molar-refractivity contribution in [3.05, 3.63) is 315 Å². The van der Waals surface area contributed by atoms with Crippen molar-refractivity contribution in [2.24, 2.45) is 0 Å². The molecule has 0 atom stereocenters. The molecule has 0 saturated heterocycles. The first kappa shape index (κ1) is 53.6. The van der Waals surface area contributed by atoms with E-state index in [1.54, 1.807) is 0 Å². The number of aromatic nitrogens is 10. The molecule has 0 fully saturated rings. The van der Waals surface area contributed by atoms with Crippen molar-refractivity contribution in [3.8, 4) is 125 Å². The number of rotatable bonds is 12. The molecular weight excluding hydrogens is 1120 g/mol. The van der Waals surface area contributed by atoms with Gasteiger partial charge in [0.15, 0.2) is 40.8 Å². The maximum Gasteiger partial charge on any atom is 0.164 e. The van der Waals surface area contributed by atoms with Gasteiger partial charge in [-0.2, -0.15) is 0 Å². The zero-order valence-electron chi connectivity index (χ0n) is 49.5. The van der Waals surface area contributed by atoms with E-state index in [-0.39, 0.29) is 0 Å². The second-order valence-electron chi connectivity index (χ2n) is 22.7. The largest absolute Gasteiger partial charge is 0.309 e. The van der Waals surface area contributed by atoms with E-state index in [1.165, 1.54) is 0 Å². The number of benzene rings is 12. The van der Waals surface area contributed by atoms with Crippen LogP contribution in [-0.2, 0) is 0 Å². The summed E-state index contributed by atoms with van der Waals surface area (Å²) < 4.78 is 4.82. The molecule has 430 valence electrons. The molecule has 0 spiro atoms. The van der Waals surface area contributed by atoms with Crippen LogP contribution in [-0.4, -0.2) is 49.0 Å². The van der Waals surface area contributed by atoms with Crippen LogP contribution in [0.4, 0.5) is 0 Å². The maximum absolute atomic E-state index is 5.39. The zero-order valence-corrected chi connectivity index (χ0v) is 49.5. The summed E-state index contributed by atoms with van der Waals surface area (Å²) in [6.07, 6.45) is 0. The third-order valence-corrected chi connectivity index (χ3v) is 17.1. The molecule has 0 saturated carbocycles. The Kier molecular flexibility index (Phi) is 13.3. The lowest BCUT2D eigenvalue weighted by Gasteiger charge is -2.20. The van der Waals surface area contributed by atoms with Gasteiger partial charge in [0.05, 0.1) is 44.8 Å². The summed E-state index contributed by atoms with van der Waals surface area (Å²) in [5.41, 5.74) is 18.1. The SMILES string of the molecule is c1ccc(-c2cc(-c3ccc(-c4ccccc4-n4c5ccccc5c5cc(-c6nc(-c7ccccc7)nc(-c7ccccc7)n6)ccc54)c(-n4c5ccccc5c5cc(-c6nc(-c7ccccc7)nc(-c7ccccc7)n6)ccc54)c3)nc(-c3ccccc3)n2)cc1. The Labute approximate surface area is 529 Å². The lowest BCUT2D eigenvalue weighted by molar-refractivity contribution is 1.07. The van der Waals surface area contributed by atoms with Crippen LogP contribution in [0.1, 0.15) is 0 Å². The van der Waals surface area contributed by atoms with Gasteiger partial charge in [-0.1, -0.05) is 249 Å². The summed E-state index contributed by atoms with van der Waals surface area (Å²) in [4.78, 5) is 41.3. The standard InChI is InChI=1S/C82H52N10/c1-7-25-53(26-8-1)68-52-69(84-76(83-68)54-27-9-2-10-28-54)59-43-46-65(75(51-59)92-72-42-24-21-39-64(72)67-50-61(45-48-74(67)92)82-89-79(57-33-15-5-16-34-57)86-80(90-82)58-35-17-6-18-36-58)62-37-19-22-40-70(62)91-71-41-23-20-38-63(71)66-49-60(44-47-73(66)91)81-87-77(55-29-11-3-12-30-55)85-78(88-81)56-31-13-4-14-32-56/h1-52H. The van der Waals surface area contributed by atoms with E-state index >= 15 is 0 Å². The minimum absolute atomic E-state index is 0.584. The Hall–Kier alpha value is -12.7. The molecule has 0 aliphatic rings. The van der Waals surface area contributed by atoms with Gasteiger partial charge in [-0.25, -0.2) is 39.9 Å². The molecule has 0 aliphatic heterocycles. The van der Waals surface area contributed by atoms with E-state index in [0.29, 0.717) is 40.8 Å². The van der Waals surface area contributed by atoms with Gasteiger partial charge in [0.25, 0.3) is 0 Å². The number of para-hydroxylation sites is 3. The van der Waals surface area contributed by atoms with Crippen molar-refractivity contribution in [2.75, 3.05) is 0 Å². The van der Waals surface area contributed by atoms with E-state index in [0.717, 1.165) is 128 Å². The lowest BCUT2D eigenvalue weighted by Crippen LogP contribution is -2.03. The molecule has 17 aromatic rings. The molecule has 0 bridgehead atoms. The van der Waals surface area contributed by atoms with Crippen LogP contribution < -0.4 is 0 Å². The van der Waals surface area contributed by atoms with Gasteiger partial charge in [0, 0.05) is 82.7 Å². The maximum atomic E-state index is 5.39. The fourth-order valence-corrected chi connectivity index (χ4v) is 12.7. The van der Waals surface area contributed by atoms with Gasteiger partial charge < -0.3 is 9.13 Å². The molecule has 0 aliphatic carbocycles. The first-order valence-corrected chi connectivity index (χ1v) is 30.7. The minimum Gasteiger partial charge on any atom is -0.309 e. The third kappa shape index (κ3) is 9.72. The monoisotopic (exact) mass is 1180 g/mol. The Morgan fingerprint density at radius 1 is 0.174 bits per heavy atom. The van der Waals surface area contributed by atoms with Crippen LogP contribution in [0, 0.1) is 0 Å². The van der Waals surface area contributed by atoms with E-state index in [9.17, 15) is 0 Å². The van der Waals surface area contributed by atoms with Crippen molar-refractivity contribution in [1.82, 2.24) is 49.0 Å². The highest BCUT2D eigenvalue weighted by Gasteiger charge is 2.24. The quantitative estimate of drug-likeness (QED) is 0.119. The molecule has 12 aromatic carbocycles. The van der Waals surface area contributed by atoms with Gasteiger partial charge >= 0.3 is 0 Å². The molecule has 10 nitrogen and oxygen atoms in total. The van der Waals surface area contributed by atoms with Crippen molar-refractivity contribution >= 4 is 43.6 Å². The lowest BCUT2D eigenvalue weighted by atomic mass is 9.97. The molecule has 5 heterocycles. The minimum atomic E-state index is 0.584. The van der Waals surface area contributed by atoms with Crippen molar-refractivity contribution in [1.29, 1.82) is 0 Å². The smallest absolute Gasteiger partial charge is 0.164 e. The summed E-state index contributed by atoms with van der Waals surface area (Å²) in [6, 6.07) is 109. The van der Waals surface area contributed by atoms with Gasteiger partial charge in [0.1, 0.15) is 0 Å². The van der Waals surface area contributed by atoms with Gasteiger partial charge in [-0.15, -0.1) is 0 Å². The Bertz CT molecular complexity index is 5450. The van der Waals surface area contributed by atoms with Crippen LogP contribution >= 0.6 is 0 Å². The molecule has 10 heteroatoms. The fourth-order valence-electron chi connectivity index (χ4n) is 12.7. The van der Waals surface area contributed by atoms with Crippen LogP contribution in [0.3, 0.4) is 0 Å². The van der Waals surface area contributed by atoms with E-state index < -0.39 is 0 Å². The Balaban J connectivity index is 0.882. The highest BCUT2D eigenvalue weighted by molar-refractivity contribution is 6.13. The first-order chi connectivity index (χ1) is 45.6. The van der Waals surface area contributed by atoms with Crippen molar-refractivity contribution in [2.45, 2.75) is 0 Å². The van der Waals surface area contributed by atoms with Gasteiger partial charge in [0.2, 0.25) is 0 Å². The van der Waals surface area contributed by atoms with Gasteiger partial charge in [-0.3, -0.25) is 0 Å². The van der Waals surface area contributed by atoms with Crippen LogP contribution in [0.5, 0.6) is 0 Å². The molecule has 92 heavy (non-hydrogen) atoms. The molecular formula is C82H52N10. The topological polar surface area (TPSA) is 113 Å². The van der Waals surface area contributed by atoms with Gasteiger partial charge in [-0.05, 0) is 66.7 Å². The Morgan fingerprint density at radius 2 is 0.478 bits per heavy atom. The second-order valence-corrected chi connectivity index (χ2v) is 22.7. The van der Waals surface area contributed by atoms with E-state index in [2.05, 4.69) is 179 Å². The number of hydrogen-bond donors (Lipinski definition) is 0. The number of nitrogens with zero attached hydrogens (tertiary/aromatic N) is 10. The molecule has 0 amide bonds. The summed E-state index contributed by atoms with van der Waals surface area (Å²) >= 11 is 0. The zero-order chi connectivity index (χ0) is 60.9. The second kappa shape index (κ2) is 22.8. The first-order valence-electron chi connectivity index (χ1n) is 30.7. The Morgan fingerprint density at radius 3 is 0.913 bits per heavy atom. The molecule has 5 aromatic heterocycles. The number of hydrogen-bond acceptors (Lipinski definition) is 8. The highest BCUT2D eigenvalue weighted by Crippen LogP contribution is 2.44. The summed E-state index contributed by atoms with van der Waals surface area (Å²) in [6.45, 7) is 0. The predicted octanol–water partition coefficient (Wildman–Crippen LogP) is 19.7. The molecule has 0 unspecified atom stereocenters. The van der Waals surface area contributed by atoms with Crippen LogP contribution in [0.15, 0.2) is 315 Å².